The molecule has 0 saturated heterocycles. The highest BCUT2D eigenvalue weighted by atomic mass is 16.5. The van der Waals surface area contributed by atoms with Crippen molar-refractivity contribution in [2.75, 3.05) is 0 Å². The molecule has 0 amide bonds. The van der Waals surface area contributed by atoms with Gasteiger partial charge in [0.1, 0.15) is 6.10 Å². The molecule has 0 heterocycles. The monoisotopic (exact) mass is 166 g/mol. The van der Waals surface area contributed by atoms with E-state index in [2.05, 4.69) is 13.2 Å². The van der Waals surface area contributed by atoms with Crippen LogP contribution in [0.25, 0.3) is 0 Å². The van der Waals surface area contributed by atoms with Crippen LogP contribution >= 0.6 is 0 Å². The summed E-state index contributed by atoms with van der Waals surface area (Å²) in [4.78, 5) is 10.9. The Morgan fingerprint density at radius 2 is 2.25 bits per heavy atom. The first-order valence-electron chi connectivity index (χ1n) is 3.81. The van der Waals surface area contributed by atoms with Gasteiger partial charge in [0.25, 0.3) is 0 Å². The van der Waals surface area contributed by atoms with E-state index in [-0.39, 0.29) is 12.1 Å². The van der Waals surface area contributed by atoms with Crippen LogP contribution in [0.3, 0.4) is 0 Å². The molecule has 1 unspecified atom stereocenters. The van der Waals surface area contributed by atoms with Gasteiger partial charge in [0.15, 0.2) is 0 Å². The highest BCUT2D eigenvalue weighted by molar-refractivity contribution is 5.82. The molecule has 66 valence electrons. The normalized spacial score (nSPS) is 12.4. The van der Waals surface area contributed by atoms with Gasteiger partial charge in [0.2, 0.25) is 0 Å². The minimum absolute atomic E-state index is 0.258. The van der Waals surface area contributed by atoms with Crippen LogP contribution in [0.1, 0.15) is 13.3 Å². The standard InChI is InChI=1S/C10H14O2/c1-4-7-9(6-3)12-10(11)8-5-2/h4-6,8-9H,1,3,7H2,2H3. The second-order valence-electron chi connectivity index (χ2n) is 2.24. The Hall–Kier alpha value is -1.31. The molecule has 0 aliphatic carbocycles. The maximum Gasteiger partial charge on any atom is 0.331 e. The number of allylic oxidation sites excluding steroid dienone is 1. The summed E-state index contributed by atoms with van der Waals surface area (Å²) in [5.74, 6) is -0.343. The third-order valence-corrected chi connectivity index (χ3v) is 1.23. The SMILES string of the molecule is C=CCC(C=C)OC(=O)C=CC. The van der Waals surface area contributed by atoms with Crippen LogP contribution in [0, 0.1) is 0 Å². The topological polar surface area (TPSA) is 26.3 Å². The number of carbonyl (C=O) groups is 1. The molecular formula is C10H14O2. The molecule has 0 radical (unpaired) electrons. The highest BCUT2D eigenvalue weighted by Crippen LogP contribution is 2.01. The quantitative estimate of drug-likeness (QED) is 0.355. The lowest BCUT2D eigenvalue weighted by Gasteiger charge is -2.09. The number of ether oxygens (including phenoxy) is 1. The lowest BCUT2D eigenvalue weighted by atomic mass is 10.2. The summed E-state index contributed by atoms with van der Waals surface area (Å²) in [6.45, 7) is 8.85. The van der Waals surface area contributed by atoms with E-state index in [0.717, 1.165) is 0 Å². The van der Waals surface area contributed by atoms with Gasteiger partial charge in [-0.05, 0) is 6.92 Å². The summed E-state index contributed by atoms with van der Waals surface area (Å²) in [5.41, 5.74) is 0. The van der Waals surface area contributed by atoms with Crippen molar-refractivity contribution < 1.29 is 9.53 Å². The Morgan fingerprint density at radius 3 is 2.67 bits per heavy atom. The molecule has 0 aromatic rings. The van der Waals surface area contributed by atoms with Gasteiger partial charge in [-0.3, -0.25) is 0 Å². The van der Waals surface area contributed by atoms with E-state index >= 15 is 0 Å². The summed E-state index contributed by atoms with van der Waals surface area (Å²) in [6.07, 6.45) is 6.63. The molecule has 0 aromatic heterocycles. The van der Waals surface area contributed by atoms with Gasteiger partial charge < -0.3 is 4.74 Å². The van der Waals surface area contributed by atoms with Crippen LogP contribution in [-0.4, -0.2) is 12.1 Å². The second-order valence-corrected chi connectivity index (χ2v) is 2.24. The summed E-state index contributed by atoms with van der Waals surface area (Å²) < 4.78 is 4.97. The van der Waals surface area contributed by atoms with Gasteiger partial charge in [-0.1, -0.05) is 24.8 Å². The second kappa shape index (κ2) is 6.40. The maximum atomic E-state index is 10.9. The Bertz CT molecular complexity index is 192. The lowest BCUT2D eigenvalue weighted by molar-refractivity contribution is -0.140. The smallest absolute Gasteiger partial charge is 0.331 e. The predicted molar refractivity (Wildman–Crippen MR) is 49.7 cm³/mol. The fraction of sp³-hybridized carbons (Fsp3) is 0.300. The lowest BCUT2D eigenvalue weighted by Crippen LogP contribution is -2.12. The zero-order valence-electron chi connectivity index (χ0n) is 7.32. The Morgan fingerprint density at radius 1 is 1.58 bits per heavy atom. The molecule has 0 rings (SSSR count). The summed E-state index contributed by atoms with van der Waals surface area (Å²) in [5, 5.41) is 0. The molecule has 0 aliphatic heterocycles. The van der Waals surface area contributed by atoms with E-state index in [0.29, 0.717) is 6.42 Å². The molecule has 12 heavy (non-hydrogen) atoms. The minimum atomic E-state index is -0.343. The molecule has 0 N–H and O–H groups in total. The number of rotatable bonds is 5. The van der Waals surface area contributed by atoms with Crippen LogP contribution < -0.4 is 0 Å². The van der Waals surface area contributed by atoms with Crippen LogP contribution in [-0.2, 0) is 9.53 Å². The third-order valence-electron chi connectivity index (χ3n) is 1.23. The zero-order valence-corrected chi connectivity index (χ0v) is 7.32. The van der Waals surface area contributed by atoms with Crippen LogP contribution in [0.5, 0.6) is 0 Å². The first kappa shape index (κ1) is 10.7. The number of esters is 1. The fourth-order valence-electron chi connectivity index (χ4n) is 0.681. The van der Waals surface area contributed by atoms with E-state index in [1.54, 1.807) is 25.2 Å². The summed E-state index contributed by atoms with van der Waals surface area (Å²) >= 11 is 0. The number of hydrogen-bond donors (Lipinski definition) is 0. The molecule has 2 nitrogen and oxygen atoms in total. The van der Waals surface area contributed by atoms with Gasteiger partial charge in [-0.15, -0.1) is 6.58 Å². The van der Waals surface area contributed by atoms with E-state index < -0.39 is 0 Å². The van der Waals surface area contributed by atoms with E-state index in [4.69, 9.17) is 4.74 Å². The van der Waals surface area contributed by atoms with Crippen molar-refractivity contribution in [2.45, 2.75) is 19.4 Å². The summed E-state index contributed by atoms with van der Waals surface area (Å²) in [6, 6.07) is 0. The fourth-order valence-corrected chi connectivity index (χ4v) is 0.681. The maximum absolute atomic E-state index is 10.9. The number of hydrogen-bond acceptors (Lipinski definition) is 2. The molecule has 0 spiro atoms. The zero-order chi connectivity index (χ0) is 9.40. The van der Waals surface area contributed by atoms with Gasteiger partial charge in [0.05, 0.1) is 0 Å². The number of carbonyl (C=O) groups excluding carboxylic acids is 1. The van der Waals surface area contributed by atoms with E-state index in [1.807, 2.05) is 0 Å². The van der Waals surface area contributed by atoms with Crippen LogP contribution in [0.15, 0.2) is 37.5 Å². The molecule has 2 heteroatoms. The first-order chi connectivity index (χ1) is 5.74. The van der Waals surface area contributed by atoms with Crippen molar-refractivity contribution in [3.63, 3.8) is 0 Å². The Balaban J connectivity index is 3.92. The van der Waals surface area contributed by atoms with Crippen molar-refractivity contribution in [3.05, 3.63) is 37.5 Å². The van der Waals surface area contributed by atoms with Crippen molar-refractivity contribution in [1.82, 2.24) is 0 Å². The molecule has 0 aliphatic rings. The van der Waals surface area contributed by atoms with Gasteiger partial charge in [0, 0.05) is 12.5 Å². The van der Waals surface area contributed by atoms with Gasteiger partial charge in [-0.25, -0.2) is 4.79 Å². The molecule has 0 bridgehead atoms. The van der Waals surface area contributed by atoms with Gasteiger partial charge >= 0.3 is 5.97 Å². The molecule has 1 atom stereocenters. The van der Waals surface area contributed by atoms with Crippen LogP contribution in [0.2, 0.25) is 0 Å². The molecule has 0 fully saturated rings. The predicted octanol–water partition coefficient (Wildman–Crippen LogP) is 2.24. The molecule has 0 saturated carbocycles. The van der Waals surface area contributed by atoms with E-state index in [1.165, 1.54) is 6.08 Å². The summed E-state index contributed by atoms with van der Waals surface area (Å²) in [7, 11) is 0. The van der Waals surface area contributed by atoms with Crippen molar-refractivity contribution in [2.24, 2.45) is 0 Å². The first-order valence-corrected chi connectivity index (χ1v) is 3.81. The Labute approximate surface area is 73.2 Å². The van der Waals surface area contributed by atoms with E-state index in [9.17, 15) is 4.79 Å². The van der Waals surface area contributed by atoms with Crippen molar-refractivity contribution >= 4 is 5.97 Å². The highest BCUT2D eigenvalue weighted by Gasteiger charge is 2.05. The van der Waals surface area contributed by atoms with Gasteiger partial charge in [-0.2, -0.15) is 0 Å². The third kappa shape index (κ3) is 4.50. The molecular weight excluding hydrogens is 152 g/mol. The average Bonchev–Trinajstić information content (AvgIpc) is 2.04. The van der Waals surface area contributed by atoms with Crippen LogP contribution in [0.4, 0.5) is 0 Å². The Kier molecular flexibility index (Phi) is 5.70. The molecule has 0 aromatic carbocycles. The van der Waals surface area contributed by atoms with Crippen molar-refractivity contribution in [1.29, 1.82) is 0 Å². The minimum Gasteiger partial charge on any atom is -0.455 e. The van der Waals surface area contributed by atoms with Crippen molar-refractivity contribution in [3.8, 4) is 0 Å². The average molecular weight is 166 g/mol. The largest absolute Gasteiger partial charge is 0.455 e.